The molecule has 7 nitrogen and oxygen atoms in total. The van der Waals surface area contributed by atoms with E-state index in [0.717, 1.165) is 43.5 Å². The molecule has 7 aromatic carbocycles. The van der Waals surface area contributed by atoms with Gasteiger partial charge < -0.3 is 5.32 Å². The number of benzene rings is 7. The van der Waals surface area contributed by atoms with Crippen molar-refractivity contribution in [2.24, 2.45) is 5.92 Å². The van der Waals surface area contributed by atoms with Crippen LogP contribution in [0.25, 0.3) is 0 Å². The molecule has 2 saturated heterocycles. The molecule has 0 radical (unpaired) electrons. The minimum Gasteiger partial charge on any atom is -0.354 e. The van der Waals surface area contributed by atoms with Gasteiger partial charge in [0.1, 0.15) is 5.82 Å². The van der Waals surface area contributed by atoms with Gasteiger partial charge in [0.25, 0.3) is 5.91 Å². The Balaban J connectivity index is 0.941. The van der Waals surface area contributed by atoms with Gasteiger partial charge in [0.05, 0.1) is 29.1 Å². The molecule has 9 rings (SSSR count). The van der Waals surface area contributed by atoms with Crippen LogP contribution in [0.5, 0.6) is 0 Å². The minimum absolute atomic E-state index is 0.00391. The highest BCUT2D eigenvalue weighted by atomic mass is 32.2. The number of hydrogen-bond acceptors (Lipinski definition) is 7. The van der Waals surface area contributed by atoms with Gasteiger partial charge in [-0.3, -0.25) is 24.2 Å². The Labute approximate surface area is 440 Å². The fraction of sp³-hybridized carbons (Fsp3) is 0.302. The number of nitrogens with one attached hydrogen (secondary N) is 1. The van der Waals surface area contributed by atoms with E-state index in [1.54, 1.807) is 7.05 Å². The summed E-state index contributed by atoms with van der Waals surface area (Å²) in [6.07, 6.45) is 3.57. The van der Waals surface area contributed by atoms with Gasteiger partial charge in [-0.1, -0.05) is 194 Å². The standard InChI is InChI=1S/C63H67FN4O3S2/c1-66(71-2)61(70)60-57(48-34-36-55(64)37-35-48)46-56-38-39-58(60)68(56)42-21-41-67(43-45-73-63(52-28-15-6-16-29-52,53-30-17-7-18-31-53)54-32-19-8-20-33-54)47-59(69)65-40-44-72-62(49-22-9-3-10-23-49,50-24-11-4-12-25-50)51-26-13-5-14-27-51/h3-20,22-37,56-58,60H,21,38-47H2,1-2H3,(H,65,69). The molecule has 376 valence electrons. The molecule has 2 aliphatic rings. The summed E-state index contributed by atoms with van der Waals surface area (Å²) < 4.78 is 13.2. The predicted molar refractivity (Wildman–Crippen MR) is 298 cm³/mol. The van der Waals surface area contributed by atoms with Crippen LogP contribution in [0, 0.1) is 11.7 Å². The van der Waals surface area contributed by atoms with Gasteiger partial charge in [0, 0.05) is 43.7 Å². The van der Waals surface area contributed by atoms with Crippen molar-refractivity contribution in [3.63, 3.8) is 0 Å². The van der Waals surface area contributed by atoms with Gasteiger partial charge in [0.2, 0.25) is 5.91 Å². The predicted octanol–water partition coefficient (Wildman–Crippen LogP) is 12.0. The van der Waals surface area contributed by atoms with Crippen LogP contribution in [0.4, 0.5) is 4.39 Å². The third kappa shape index (κ3) is 11.7. The van der Waals surface area contributed by atoms with Crippen LogP contribution in [0.2, 0.25) is 0 Å². The van der Waals surface area contributed by atoms with Crippen molar-refractivity contribution >= 4 is 35.3 Å². The minimum atomic E-state index is -0.483. The van der Waals surface area contributed by atoms with Crippen LogP contribution in [-0.4, -0.2) is 97.1 Å². The number of nitrogens with zero attached hydrogens (tertiary/aromatic N) is 3. The number of hydrogen-bond donors (Lipinski definition) is 1. The van der Waals surface area contributed by atoms with E-state index in [1.807, 2.05) is 35.7 Å². The average molecular weight is 1010 g/mol. The second-order valence-electron chi connectivity index (χ2n) is 19.2. The second kappa shape index (κ2) is 24.8. The number of halogens is 1. The summed E-state index contributed by atoms with van der Waals surface area (Å²) in [6, 6.07) is 71.4. The van der Waals surface area contributed by atoms with Crippen molar-refractivity contribution in [3.05, 3.63) is 251 Å². The number of fused-ring (bicyclic) bond motifs is 2. The van der Waals surface area contributed by atoms with E-state index >= 15 is 0 Å². The van der Waals surface area contributed by atoms with Gasteiger partial charge >= 0.3 is 0 Å². The number of carbonyl (C=O) groups is 2. The summed E-state index contributed by atoms with van der Waals surface area (Å²) in [5.41, 5.74) is 8.20. The fourth-order valence-corrected chi connectivity index (χ4v) is 14.6. The third-order valence-electron chi connectivity index (χ3n) is 15.0. The topological polar surface area (TPSA) is 65.1 Å². The highest BCUT2D eigenvalue weighted by molar-refractivity contribution is 8.00. The maximum atomic E-state index is 14.3. The lowest BCUT2D eigenvalue weighted by Gasteiger charge is -2.45. The molecule has 73 heavy (non-hydrogen) atoms. The number of rotatable bonds is 23. The van der Waals surface area contributed by atoms with Gasteiger partial charge in [-0.15, -0.1) is 23.5 Å². The first-order valence-electron chi connectivity index (χ1n) is 25.7. The molecule has 2 heterocycles. The number of carbonyl (C=O) groups excluding carboxylic acids is 2. The fourth-order valence-electron chi connectivity index (χ4n) is 11.6. The van der Waals surface area contributed by atoms with Crippen LogP contribution in [-0.2, 0) is 23.9 Å². The molecule has 2 amide bonds. The van der Waals surface area contributed by atoms with Crippen molar-refractivity contribution in [2.75, 3.05) is 58.4 Å². The second-order valence-corrected chi connectivity index (χ2v) is 21.8. The first kappa shape index (κ1) is 51.9. The zero-order chi connectivity index (χ0) is 50.5. The van der Waals surface area contributed by atoms with Gasteiger partial charge in [-0.05, 0) is 95.8 Å². The Morgan fingerprint density at radius 1 is 0.616 bits per heavy atom. The number of thioether (sulfide) groups is 2. The molecule has 10 heteroatoms. The van der Waals surface area contributed by atoms with E-state index in [4.69, 9.17) is 4.84 Å². The molecule has 1 N–H and O–H groups in total. The van der Waals surface area contributed by atoms with E-state index in [-0.39, 0.29) is 42.1 Å². The van der Waals surface area contributed by atoms with Gasteiger partial charge in [0.15, 0.2) is 0 Å². The Hall–Kier alpha value is -6.01. The highest BCUT2D eigenvalue weighted by Crippen LogP contribution is 2.51. The maximum Gasteiger partial charge on any atom is 0.251 e. The van der Waals surface area contributed by atoms with Gasteiger partial charge in [-0.2, -0.15) is 0 Å². The summed E-state index contributed by atoms with van der Waals surface area (Å²) in [5, 5.41) is 4.71. The molecule has 0 aliphatic carbocycles. The van der Waals surface area contributed by atoms with Crippen LogP contribution in [0.15, 0.2) is 206 Å². The van der Waals surface area contributed by atoms with Crippen LogP contribution < -0.4 is 5.32 Å². The molecule has 2 bridgehead atoms. The van der Waals surface area contributed by atoms with E-state index in [2.05, 4.69) is 197 Å². The molecule has 7 aromatic rings. The smallest absolute Gasteiger partial charge is 0.251 e. The summed E-state index contributed by atoms with van der Waals surface area (Å²) in [6.45, 7) is 2.98. The molecule has 4 atom stereocenters. The van der Waals surface area contributed by atoms with E-state index in [1.165, 1.54) is 57.7 Å². The number of piperidine rings is 1. The summed E-state index contributed by atoms with van der Waals surface area (Å²) in [7, 11) is 3.21. The summed E-state index contributed by atoms with van der Waals surface area (Å²) in [4.78, 5) is 38.8. The van der Waals surface area contributed by atoms with Crippen LogP contribution >= 0.6 is 23.5 Å². The lowest BCUT2D eigenvalue weighted by molar-refractivity contribution is -0.178. The highest BCUT2D eigenvalue weighted by Gasteiger charge is 2.51. The SMILES string of the molecule is CON(C)C(=O)C1C(c2ccc(F)cc2)CC2CCC1N2CCCN(CCSC(c1ccccc1)(c1ccccc1)c1ccccc1)CC(=O)NCCSC(c1ccccc1)(c1ccccc1)c1ccccc1. The number of amides is 2. The summed E-state index contributed by atoms with van der Waals surface area (Å²) in [5.74, 6) is 0.784. The normalized spacial score (nSPS) is 17.9. The largest absolute Gasteiger partial charge is 0.354 e. The number of hydroxylamine groups is 2. The zero-order valence-electron chi connectivity index (χ0n) is 42.0. The third-order valence-corrected chi connectivity index (χ3v) is 18.1. The summed E-state index contributed by atoms with van der Waals surface area (Å²) >= 11 is 3.77. The molecular formula is C63H67FN4O3S2. The van der Waals surface area contributed by atoms with E-state index in [0.29, 0.717) is 31.4 Å². The van der Waals surface area contributed by atoms with Crippen molar-refractivity contribution in [1.29, 1.82) is 0 Å². The van der Waals surface area contributed by atoms with Crippen molar-refractivity contribution in [2.45, 2.75) is 53.2 Å². The molecule has 4 unspecified atom stereocenters. The molecule has 0 aromatic heterocycles. The Kier molecular flexibility index (Phi) is 17.6. The van der Waals surface area contributed by atoms with E-state index in [9.17, 15) is 14.0 Å². The Morgan fingerprint density at radius 3 is 1.49 bits per heavy atom. The maximum absolute atomic E-state index is 14.3. The zero-order valence-corrected chi connectivity index (χ0v) is 43.6. The molecular weight excluding hydrogens is 944 g/mol. The average Bonchev–Trinajstić information content (AvgIpc) is 3.72. The van der Waals surface area contributed by atoms with E-state index < -0.39 is 9.49 Å². The van der Waals surface area contributed by atoms with Crippen molar-refractivity contribution in [3.8, 4) is 0 Å². The first-order chi connectivity index (χ1) is 35.8. The van der Waals surface area contributed by atoms with Gasteiger partial charge in [-0.25, -0.2) is 9.45 Å². The molecule has 2 fully saturated rings. The Morgan fingerprint density at radius 2 is 1.05 bits per heavy atom. The van der Waals surface area contributed by atoms with Crippen LogP contribution in [0.1, 0.15) is 70.5 Å². The monoisotopic (exact) mass is 1010 g/mol. The first-order valence-corrected chi connectivity index (χ1v) is 27.7. The lowest BCUT2D eigenvalue weighted by Crippen LogP contribution is -2.53. The van der Waals surface area contributed by atoms with Crippen LogP contribution in [0.3, 0.4) is 0 Å². The van der Waals surface area contributed by atoms with Crippen molar-refractivity contribution in [1.82, 2.24) is 20.2 Å². The Bertz CT molecular complexity index is 2600. The lowest BCUT2D eigenvalue weighted by atomic mass is 9.75. The van der Waals surface area contributed by atoms with Crippen molar-refractivity contribution < 1.29 is 18.8 Å². The molecule has 2 aliphatic heterocycles. The molecule has 0 spiro atoms. The quantitative estimate of drug-likeness (QED) is 0.0389. The molecule has 0 saturated carbocycles.